The van der Waals surface area contributed by atoms with Gasteiger partial charge in [0.05, 0.1) is 18.3 Å². The summed E-state index contributed by atoms with van der Waals surface area (Å²) in [6.07, 6.45) is 3.46. The van der Waals surface area contributed by atoms with Gasteiger partial charge in [-0.25, -0.2) is 14.6 Å². The predicted molar refractivity (Wildman–Crippen MR) is 107 cm³/mol. The lowest BCUT2D eigenvalue weighted by Gasteiger charge is -2.35. The number of aryl methyl sites for hydroxylation is 2. The molecule has 0 bridgehead atoms. The van der Waals surface area contributed by atoms with E-state index in [0.29, 0.717) is 11.6 Å². The van der Waals surface area contributed by atoms with Crippen LogP contribution < -0.4 is 5.32 Å². The van der Waals surface area contributed by atoms with Gasteiger partial charge in [0, 0.05) is 23.1 Å². The van der Waals surface area contributed by atoms with Gasteiger partial charge in [-0.2, -0.15) is 0 Å². The lowest BCUT2D eigenvalue weighted by Crippen LogP contribution is -2.50. The van der Waals surface area contributed by atoms with Gasteiger partial charge in [0.25, 0.3) is 0 Å². The van der Waals surface area contributed by atoms with Crippen LogP contribution in [0.1, 0.15) is 32.0 Å². The number of hydrogen-bond donors (Lipinski definition) is 3. The largest absolute Gasteiger partial charge is 0.387 e. The molecule has 8 heteroatoms. The zero-order valence-corrected chi connectivity index (χ0v) is 16.8. The highest BCUT2D eigenvalue weighted by atomic mass is 16.4. The molecular formula is C20H26N6O2. The Kier molecular flexibility index (Phi) is 5.18. The summed E-state index contributed by atoms with van der Waals surface area (Å²) in [4.78, 5) is 8.59. The molecule has 0 aliphatic carbocycles. The van der Waals surface area contributed by atoms with Gasteiger partial charge in [-0.15, -0.1) is 5.10 Å². The summed E-state index contributed by atoms with van der Waals surface area (Å²) >= 11 is 0. The van der Waals surface area contributed by atoms with E-state index in [9.17, 15) is 10.2 Å². The Morgan fingerprint density at radius 3 is 2.54 bits per heavy atom. The molecule has 0 saturated carbocycles. The third kappa shape index (κ3) is 4.52. The normalized spacial score (nSPS) is 14.0. The van der Waals surface area contributed by atoms with Crippen LogP contribution in [0.25, 0.3) is 11.3 Å². The van der Waals surface area contributed by atoms with Crippen LogP contribution in [0.4, 0.5) is 11.6 Å². The van der Waals surface area contributed by atoms with Crippen LogP contribution in [0.15, 0.2) is 36.7 Å². The number of benzene rings is 1. The van der Waals surface area contributed by atoms with Gasteiger partial charge in [-0.05, 0) is 64.4 Å². The van der Waals surface area contributed by atoms with Gasteiger partial charge >= 0.3 is 0 Å². The molecule has 0 unspecified atom stereocenters. The molecule has 28 heavy (non-hydrogen) atoms. The number of aliphatic hydroxyl groups is 2. The highest BCUT2D eigenvalue weighted by Crippen LogP contribution is 2.26. The number of aromatic nitrogens is 5. The van der Waals surface area contributed by atoms with Crippen molar-refractivity contribution < 1.29 is 10.2 Å². The van der Waals surface area contributed by atoms with Crippen LogP contribution in [0, 0.1) is 13.8 Å². The van der Waals surface area contributed by atoms with Gasteiger partial charge in [-0.3, -0.25) is 0 Å². The van der Waals surface area contributed by atoms with Gasteiger partial charge in [-0.1, -0.05) is 5.21 Å². The van der Waals surface area contributed by atoms with Gasteiger partial charge in [0.2, 0.25) is 5.95 Å². The molecule has 148 valence electrons. The van der Waals surface area contributed by atoms with Crippen LogP contribution in [-0.2, 0) is 6.54 Å². The van der Waals surface area contributed by atoms with Crippen LogP contribution in [0.3, 0.4) is 0 Å². The van der Waals surface area contributed by atoms with Crippen molar-refractivity contribution in [2.24, 2.45) is 0 Å². The summed E-state index contributed by atoms with van der Waals surface area (Å²) in [6, 6.07) is 7.79. The first-order valence-electron chi connectivity index (χ1n) is 9.07. The van der Waals surface area contributed by atoms with Crippen molar-refractivity contribution in [3.63, 3.8) is 0 Å². The number of nitrogens with one attached hydrogen (secondary N) is 1. The maximum atomic E-state index is 10.5. The molecule has 0 aliphatic rings. The van der Waals surface area contributed by atoms with Gasteiger partial charge in [0.1, 0.15) is 11.3 Å². The first kappa shape index (κ1) is 19.9. The SMILES string of the molecule is Cc1cc(Nc2nccc(C)n2)cc(-c2cn(C[C@@](C)(O)C(C)(C)O)nn2)c1. The quantitative estimate of drug-likeness (QED) is 0.601. The highest BCUT2D eigenvalue weighted by molar-refractivity contribution is 5.68. The first-order valence-corrected chi connectivity index (χ1v) is 9.07. The van der Waals surface area contributed by atoms with E-state index in [1.807, 2.05) is 38.1 Å². The minimum atomic E-state index is -1.35. The van der Waals surface area contributed by atoms with Gasteiger partial charge < -0.3 is 15.5 Å². The van der Waals surface area contributed by atoms with Crippen molar-refractivity contribution in [2.75, 3.05) is 5.32 Å². The lowest BCUT2D eigenvalue weighted by molar-refractivity contribution is -0.129. The van der Waals surface area contributed by atoms with Crippen molar-refractivity contribution in [1.29, 1.82) is 0 Å². The molecule has 0 spiro atoms. The molecule has 2 heterocycles. The molecule has 3 N–H and O–H groups in total. The summed E-state index contributed by atoms with van der Waals surface area (Å²) in [6.45, 7) is 8.74. The van der Waals surface area contributed by atoms with Crippen molar-refractivity contribution >= 4 is 11.6 Å². The van der Waals surface area contributed by atoms with Gasteiger partial charge in [0.15, 0.2) is 0 Å². The Morgan fingerprint density at radius 2 is 1.86 bits per heavy atom. The minimum absolute atomic E-state index is 0.123. The smallest absolute Gasteiger partial charge is 0.227 e. The molecule has 0 aliphatic heterocycles. The minimum Gasteiger partial charge on any atom is -0.387 e. The van der Waals surface area contributed by atoms with E-state index < -0.39 is 11.2 Å². The molecule has 0 fully saturated rings. The van der Waals surface area contributed by atoms with E-state index in [4.69, 9.17) is 0 Å². The second-order valence-corrected chi connectivity index (χ2v) is 7.87. The zero-order chi connectivity index (χ0) is 20.5. The van der Waals surface area contributed by atoms with E-state index in [2.05, 4.69) is 25.6 Å². The monoisotopic (exact) mass is 382 g/mol. The Balaban J connectivity index is 1.85. The fourth-order valence-corrected chi connectivity index (χ4v) is 2.66. The zero-order valence-electron chi connectivity index (χ0n) is 16.8. The molecule has 1 atom stereocenters. The maximum Gasteiger partial charge on any atom is 0.227 e. The molecule has 8 nitrogen and oxygen atoms in total. The molecule has 3 rings (SSSR count). The summed E-state index contributed by atoms with van der Waals surface area (Å²) in [5.41, 5.74) is 1.71. The average molecular weight is 382 g/mol. The van der Waals surface area contributed by atoms with Crippen LogP contribution in [-0.4, -0.2) is 46.4 Å². The Morgan fingerprint density at radius 1 is 1.11 bits per heavy atom. The second kappa shape index (κ2) is 7.29. The fraction of sp³-hybridized carbons (Fsp3) is 0.400. The molecule has 3 aromatic rings. The highest BCUT2D eigenvalue weighted by Gasteiger charge is 2.38. The second-order valence-electron chi connectivity index (χ2n) is 7.87. The molecule has 1 aromatic carbocycles. The number of nitrogens with zero attached hydrogens (tertiary/aromatic N) is 5. The summed E-state index contributed by atoms with van der Waals surface area (Å²) < 4.78 is 1.53. The summed E-state index contributed by atoms with van der Waals surface area (Å²) in [5.74, 6) is 0.529. The topological polar surface area (TPSA) is 109 Å². The third-order valence-electron chi connectivity index (χ3n) is 4.75. The molecule has 0 radical (unpaired) electrons. The van der Waals surface area contributed by atoms with E-state index in [-0.39, 0.29) is 6.54 Å². The standard InChI is InChI=1S/C20H26N6O2/c1-13-8-15(10-16(9-13)23-18-21-7-6-14(2)22-18)17-11-26(25-24-17)12-20(5,28)19(3,4)27/h6-11,27-28H,12H2,1-5H3,(H,21,22,23)/t20-/m1/s1. The summed E-state index contributed by atoms with van der Waals surface area (Å²) in [5, 5.41) is 32.2. The molecule has 0 saturated heterocycles. The van der Waals surface area contributed by atoms with Crippen LogP contribution in [0.5, 0.6) is 0 Å². The van der Waals surface area contributed by atoms with Crippen LogP contribution in [0.2, 0.25) is 0 Å². The van der Waals surface area contributed by atoms with E-state index in [0.717, 1.165) is 22.5 Å². The Labute approximate surface area is 164 Å². The average Bonchev–Trinajstić information content (AvgIpc) is 3.01. The van der Waals surface area contributed by atoms with Crippen molar-refractivity contribution in [3.05, 3.63) is 47.9 Å². The maximum absolute atomic E-state index is 10.5. The van der Waals surface area contributed by atoms with E-state index >= 15 is 0 Å². The van der Waals surface area contributed by atoms with E-state index in [1.165, 1.54) is 4.68 Å². The molecular weight excluding hydrogens is 356 g/mol. The predicted octanol–water partition coefficient (Wildman–Crippen LogP) is 2.62. The molecule has 0 amide bonds. The van der Waals surface area contributed by atoms with Crippen molar-refractivity contribution in [2.45, 2.75) is 52.4 Å². The summed E-state index contributed by atoms with van der Waals surface area (Å²) in [7, 11) is 0. The lowest BCUT2D eigenvalue weighted by atomic mass is 9.88. The number of hydrogen-bond acceptors (Lipinski definition) is 7. The van der Waals surface area contributed by atoms with E-state index in [1.54, 1.807) is 33.2 Å². The fourth-order valence-electron chi connectivity index (χ4n) is 2.66. The number of rotatable bonds is 6. The first-order chi connectivity index (χ1) is 13.0. The number of anilines is 2. The van der Waals surface area contributed by atoms with Crippen LogP contribution >= 0.6 is 0 Å². The van der Waals surface area contributed by atoms with Crippen molar-refractivity contribution in [1.82, 2.24) is 25.0 Å². The third-order valence-corrected chi connectivity index (χ3v) is 4.75. The molecule has 2 aromatic heterocycles. The van der Waals surface area contributed by atoms with Crippen molar-refractivity contribution in [3.8, 4) is 11.3 Å². The Bertz CT molecular complexity index is 975. The Hall–Kier alpha value is -2.84.